The van der Waals surface area contributed by atoms with Gasteiger partial charge < -0.3 is 10.4 Å². The molecule has 1 aromatic heterocycles. The average Bonchev–Trinajstić information content (AvgIpc) is 3.02. The Balaban J connectivity index is 1.57. The van der Waals surface area contributed by atoms with Gasteiger partial charge in [0.15, 0.2) is 0 Å². The molecule has 6 heteroatoms. The standard InChI is InChI=1S/C18H25ClN4O/c1-13-17(18(19)22(2)21-13)10-20-9-15-8-16(24)12-23(15)11-14-6-4-3-5-7-14/h3-7,15-16,20,24H,8-12H2,1-2H3. The first-order chi connectivity index (χ1) is 11.5. The van der Waals surface area contributed by atoms with Crippen molar-refractivity contribution in [3.8, 4) is 0 Å². The maximum atomic E-state index is 10.1. The van der Waals surface area contributed by atoms with Crippen molar-refractivity contribution < 1.29 is 5.11 Å². The number of hydrogen-bond acceptors (Lipinski definition) is 4. The van der Waals surface area contributed by atoms with Crippen LogP contribution in [0.4, 0.5) is 0 Å². The minimum Gasteiger partial charge on any atom is -0.392 e. The summed E-state index contributed by atoms with van der Waals surface area (Å²) in [6.45, 7) is 5.10. The Kier molecular flexibility index (Phi) is 5.56. The van der Waals surface area contributed by atoms with Gasteiger partial charge in [0.2, 0.25) is 0 Å². The van der Waals surface area contributed by atoms with Gasteiger partial charge in [-0.25, -0.2) is 0 Å². The number of benzene rings is 1. The van der Waals surface area contributed by atoms with Crippen LogP contribution in [0.1, 0.15) is 23.2 Å². The minimum atomic E-state index is -0.246. The number of aliphatic hydroxyl groups excluding tert-OH is 1. The molecule has 1 aromatic carbocycles. The molecule has 130 valence electrons. The highest BCUT2D eigenvalue weighted by Gasteiger charge is 2.30. The van der Waals surface area contributed by atoms with Crippen LogP contribution >= 0.6 is 11.6 Å². The summed E-state index contributed by atoms with van der Waals surface area (Å²) >= 11 is 6.28. The molecule has 0 amide bonds. The summed E-state index contributed by atoms with van der Waals surface area (Å²) < 4.78 is 1.70. The summed E-state index contributed by atoms with van der Waals surface area (Å²) in [4.78, 5) is 2.35. The van der Waals surface area contributed by atoms with Crippen LogP contribution in [0.5, 0.6) is 0 Å². The van der Waals surface area contributed by atoms with Gasteiger partial charge in [0.1, 0.15) is 5.15 Å². The summed E-state index contributed by atoms with van der Waals surface area (Å²) in [5.74, 6) is 0. The van der Waals surface area contributed by atoms with Crippen LogP contribution in [0.2, 0.25) is 5.15 Å². The van der Waals surface area contributed by atoms with E-state index in [9.17, 15) is 5.11 Å². The van der Waals surface area contributed by atoms with Crippen molar-refractivity contribution in [3.63, 3.8) is 0 Å². The van der Waals surface area contributed by atoms with Crippen molar-refractivity contribution in [3.05, 3.63) is 52.3 Å². The van der Waals surface area contributed by atoms with Gasteiger partial charge >= 0.3 is 0 Å². The Morgan fingerprint density at radius 1 is 1.33 bits per heavy atom. The molecule has 3 rings (SSSR count). The fourth-order valence-corrected chi connectivity index (χ4v) is 3.66. The number of aromatic nitrogens is 2. The smallest absolute Gasteiger partial charge is 0.131 e. The lowest BCUT2D eigenvalue weighted by atomic mass is 10.1. The molecule has 1 aliphatic heterocycles. The largest absolute Gasteiger partial charge is 0.392 e. The van der Waals surface area contributed by atoms with Crippen LogP contribution in [0, 0.1) is 6.92 Å². The lowest BCUT2D eigenvalue weighted by Crippen LogP contribution is -2.37. The van der Waals surface area contributed by atoms with Crippen LogP contribution in [0.15, 0.2) is 30.3 Å². The highest BCUT2D eigenvalue weighted by Crippen LogP contribution is 2.21. The fourth-order valence-electron chi connectivity index (χ4n) is 3.42. The second-order valence-corrected chi connectivity index (χ2v) is 6.93. The van der Waals surface area contributed by atoms with Gasteiger partial charge in [0, 0.05) is 44.8 Å². The van der Waals surface area contributed by atoms with Crippen molar-refractivity contribution in [2.75, 3.05) is 13.1 Å². The average molecular weight is 349 g/mol. The molecule has 2 heterocycles. The van der Waals surface area contributed by atoms with Gasteiger partial charge in [-0.1, -0.05) is 41.9 Å². The van der Waals surface area contributed by atoms with Gasteiger partial charge in [-0.05, 0) is 18.9 Å². The third kappa shape index (κ3) is 3.98. The summed E-state index contributed by atoms with van der Waals surface area (Å²) in [6.07, 6.45) is 0.559. The highest BCUT2D eigenvalue weighted by atomic mass is 35.5. The fraction of sp³-hybridized carbons (Fsp3) is 0.500. The van der Waals surface area contributed by atoms with Gasteiger partial charge in [-0.3, -0.25) is 9.58 Å². The predicted octanol–water partition coefficient (Wildman–Crippen LogP) is 2.11. The molecule has 1 aliphatic rings. The van der Waals surface area contributed by atoms with E-state index < -0.39 is 0 Å². The van der Waals surface area contributed by atoms with Crippen molar-refractivity contribution in [2.24, 2.45) is 7.05 Å². The van der Waals surface area contributed by atoms with Crippen LogP contribution in [0.3, 0.4) is 0 Å². The van der Waals surface area contributed by atoms with E-state index in [4.69, 9.17) is 11.6 Å². The Morgan fingerprint density at radius 2 is 2.08 bits per heavy atom. The van der Waals surface area contributed by atoms with Crippen molar-refractivity contribution >= 4 is 11.6 Å². The van der Waals surface area contributed by atoms with E-state index in [1.807, 2.05) is 20.0 Å². The molecule has 0 bridgehead atoms. The van der Waals surface area contributed by atoms with E-state index in [-0.39, 0.29) is 6.10 Å². The van der Waals surface area contributed by atoms with Crippen molar-refractivity contribution in [1.82, 2.24) is 20.0 Å². The molecule has 0 radical (unpaired) electrons. The second kappa shape index (κ2) is 7.66. The molecule has 1 saturated heterocycles. The second-order valence-electron chi connectivity index (χ2n) is 6.57. The summed E-state index contributed by atoms with van der Waals surface area (Å²) in [7, 11) is 1.85. The zero-order chi connectivity index (χ0) is 17.1. The number of nitrogens with zero attached hydrogens (tertiary/aromatic N) is 3. The Morgan fingerprint density at radius 3 is 2.75 bits per heavy atom. The minimum absolute atomic E-state index is 0.246. The van der Waals surface area contributed by atoms with E-state index in [2.05, 4.69) is 39.6 Å². The highest BCUT2D eigenvalue weighted by molar-refractivity contribution is 6.30. The molecule has 2 atom stereocenters. The normalized spacial score (nSPS) is 21.5. The number of nitrogens with one attached hydrogen (secondary N) is 1. The number of likely N-dealkylation sites (tertiary alicyclic amines) is 1. The maximum Gasteiger partial charge on any atom is 0.131 e. The van der Waals surface area contributed by atoms with Crippen molar-refractivity contribution in [1.29, 1.82) is 0 Å². The molecule has 24 heavy (non-hydrogen) atoms. The number of aryl methyl sites for hydroxylation is 2. The SMILES string of the molecule is Cc1nn(C)c(Cl)c1CNCC1CC(O)CN1Cc1ccccc1. The third-order valence-electron chi connectivity index (χ3n) is 4.69. The monoisotopic (exact) mass is 348 g/mol. The number of halogens is 1. The van der Waals surface area contributed by atoms with Gasteiger partial charge in [0.05, 0.1) is 11.8 Å². The van der Waals surface area contributed by atoms with Gasteiger partial charge in [-0.2, -0.15) is 5.10 Å². The van der Waals surface area contributed by atoms with E-state index >= 15 is 0 Å². The molecule has 2 N–H and O–H groups in total. The first-order valence-corrected chi connectivity index (χ1v) is 8.77. The summed E-state index contributed by atoms with van der Waals surface area (Å²) in [6, 6.07) is 10.7. The lowest BCUT2D eigenvalue weighted by Gasteiger charge is -2.24. The summed E-state index contributed by atoms with van der Waals surface area (Å²) in [5, 5.41) is 18.6. The summed E-state index contributed by atoms with van der Waals surface area (Å²) in [5.41, 5.74) is 3.29. The Labute approximate surface area is 148 Å². The lowest BCUT2D eigenvalue weighted by molar-refractivity contribution is 0.172. The van der Waals surface area contributed by atoms with Gasteiger partial charge in [-0.15, -0.1) is 0 Å². The van der Waals surface area contributed by atoms with Crippen LogP contribution in [-0.2, 0) is 20.1 Å². The van der Waals surface area contributed by atoms with E-state index in [0.29, 0.717) is 17.7 Å². The predicted molar refractivity (Wildman–Crippen MR) is 95.9 cm³/mol. The molecular weight excluding hydrogens is 324 g/mol. The third-order valence-corrected chi connectivity index (χ3v) is 5.16. The zero-order valence-electron chi connectivity index (χ0n) is 14.2. The molecule has 1 fully saturated rings. The number of rotatable bonds is 6. The van der Waals surface area contributed by atoms with Crippen LogP contribution in [-0.4, -0.2) is 45.0 Å². The Bertz CT molecular complexity index is 673. The molecule has 2 aromatic rings. The van der Waals surface area contributed by atoms with Crippen LogP contribution in [0.25, 0.3) is 0 Å². The van der Waals surface area contributed by atoms with Crippen molar-refractivity contribution in [2.45, 2.75) is 38.6 Å². The zero-order valence-corrected chi connectivity index (χ0v) is 15.0. The van der Waals surface area contributed by atoms with Gasteiger partial charge in [0.25, 0.3) is 0 Å². The molecule has 0 spiro atoms. The first kappa shape index (κ1) is 17.4. The number of hydrogen-bond donors (Lipinski definition) is 2. The van der Waals surface area contributed by atoms with Crippen LogP contribution < -0.4 is 5.32 Å². The maximum absolute atomic E-state index is 10.1. The quantitative estimate of drug-likeness (QED) is 0.839. The molecular formula is C18H25ClN4O. The number of aliphatic hydroxyl groups is 1. The molecule has 0 saturated carbocycles. The molecule has 5 nitrogen and oxygen atoms in total. The van der Waals surface area contributed by atoms with E-state index in [1.165, 1.54) is 5.56 Å². The number of β-amino-alcohol motifs (C(OH)–C–C–N with tert-alkyl or cyclic N) is 1. The van der Waals surface area contributed by atoms with E-state index in [1.54, 1.807) is 4.68 Å². The Hall–Kier alpha value is -1.40. The topological polar surface area (TPSA) is 53.3 Å². The molecule has 0 aliphatic carbocycles. The first-order valence-electron chi connectivity index (χ1n) is 8.39. The molecule has 2 unspecified atom stereocenters. The van der Waals surface area contributed by atoms with E-state index in [0.717, 1.165) is 37.3 Å².